The lowest BCUT2D eigenvalue weighted by atomic mass is 9.91. The number of nitrogens with one attached hydrogen (secondary N) is 2. The maximum absolute atomic E-state index is 13.5. The van der Waals surface area contributed by atoms with Crippen molar-refractivity contribution in [3.8, 4) is 11.3 Å². The molecule has 0 aliphatic heterocycles. The molecule has 7 heteroatoms. The van der Waals surface area contributed by atoms with Gasteiger partial charge in [0, 0.05) is 42.5 Å². The van der Waals surface area contributed by atoms with Crippen molar-refractivity contribution in [3.05, 3.63) is 90.5 Å². The Morgan fingerprint density at radius 2 is 1.36 bits per heavy atom. The second kappa shape index (κ2) is 10.7. The van der Waals surface area contributed by atoms with E-state index in [1.165, 1.54) is 0 Å². The molecule has 7 nitrogen and oxygen atoms in total. The second-order valence-corrected chi connectivity index (χ2v) is 10.4. The molecule has 5 aromatic rings. The first-order valence-corrected chi connectivity index (χ1v) is 13.5. The van der Waals surface area contributed by atoms with Gasteiger partial charge in [0.25, 0.3) is 5.91 Å². The van der Waals surface area contributed by atoms with Crippen LogP contribution in [0.25, 0.3) is 33.1 Å². The number of hydrogen-bond acceptors (Lipinski definition) is 6. The summed E-state index contributed by atoms with van der Waals surface area (Å²) in [7, 11) is 4.00. The van der Waals surface area contributed by atoms with Crippen molar-refractivity contribution in [2.24, 2.45) is 0 Å². The van der Waals surface area contributed by atoms with Crippen molar-refractivity contribution in [2.45, 2.75) is 37.8 Å². The number of fused-ring (bicyclic) bond motifs is 2. The first-order chi connectivity index (χ1) is 19.0. The van der Waals surface area contributed by atoms with Gasteiger partial charge in [0.1, 0.15) is 5.82 Å². The molecule has 39 heavy (non-hydrogen) atoms. The van der Waals surface area contributed by atoms with Crippen LogP contribution in [0.4, 0.5) is 11.8 Å². The van der Waals surface area contributed by atoms with Crippen LogP contribution in [0.2, 0.25) is 0 Å². The molecule has 0 spiro atoms. The lowest BCUT2D eigenvalue weighted by Gasteiger charge is -2.30. The van der Waals surface area contributed by atoms with Crippen LogP contribution in [0.1, 0.15) is 36.0 Å². The number of nitrogens with zero attached hydrogens (tertiary/aromatic N) is 4. The third-order valence-corrected chi connectivity index (χ3v) is 7.43. The van der Waals surface area contributed by atoms with Crippen LogP contribution < -0.4 is 15.5 Å². The van der Waals surface area contributed by atoms with E-state index in [0.29, 0.717) is 11.5 Å². The topological polar surface area (TPSA) is 83.0 Å². The highest BCUT2D eigenvalue weighted by atomic mass is 16.1. The van der Waals surface area contributed by atoms with E-state index in [2.05, 4.69) is 16.7 Å². The maximum atomic E-state index is 13.5. The molecule has 2 heterocycles. The summed E-state index contributed by atoms with van der Waals surface area (Å²) >= 11 is 0. The summed E-state index contributed by atoms with van der Waals surface area (Å²) in [5, 5.41) is 8.77. The van der Waals surface area contributed by atoms with Gasteiger partial charge in [0.05, 0.1) is 22.3 Å². The molecule has 1 amide bonds. The minimum Gasteiger partial charge on any atom is -0.362 e. The first-order valence-electron chi connectivity index (χ1n) is 13.5. The zero-order valence-electron chi connectivity index (χ0n) is 22.3. The van der Waals surface area contributed by atoms with Crippen LogP contribution >= 0.6 is 0 Å². The van der Waals surface area contributed by atoms with E-state index >= 15 is 0 Å². The van der Waals surface area contributed by atoms with E-state index in [9.17, 15) is 4.79 Å². The van der Waals surface area contributed by atoms with E-state index in [4.69, 9.17) is 15.0 Å². The van der Waals surface area contributed by atoms with E-state index in [0.717, 1.165) is 64.6 Å². The lowest BCUT2D eigenvalue weighted by molar-refractivity contribution is 0.0928. The van der Waals surface area contributed by atoms with Gasteiger partial charge in [0.15, 0.2) is 0 Å². The van der Waals surface area contributed by atoms with Gasteiger partial charge in [-0.2, -0.15) is 4.98 Å². The van der Waals surface area contributed by atoms with Gasteiger partial charge in [-0.3, -0.25) is 4.79 Å². The molecule has 2 aromatic heterocycles. The largest absolute Gasteiger partial charge is 0.362 e. The Bertz CT molecular complexity index is 1630. The summed E-state index contributed by atoms with van der Waals surface area (Å²) in [6.45, 7) is 0. The quantitative estimate of drug-likeness (QED) is 0.285. The first kappa shape index (κ1) is 24.8. The Labute approximate surface area is 228 Å². The van der Waals surface area contributed by atoms with Gasteiger partial charge >= 0.3 is 0 Å². The van der Waals surface area contributed by atoms with Crippen LogP contribution in [0, 0.1) is 0 Å². The van der Waals surface area contributed by atoms with Crippen LogP contribution in [0.15, 0.2) is 84.9 Å². The van der Waals surface area contributed by atoms with Gasteiger partial charge in [-0.15, -0.1) is 0 Å². The van der Waals surface area contributed by atoms with Gasteiger partial charge in [-0.1, -0.05) is 60.7 Å². The van der Waals surface area contributed by atoms with Crippen molar-refractivity contribution in [2.75, 3.05) is 24.3 Å². The van der Waals surface area contributed by atoms with Crippen molar-refractivity contribution in [3.63, 3.8) is 0 Å². The summed E-state index contributed by atoms with van der Waals surface area (Å²) in [4.78, 5) is 29.9. The third-order valence-electron chi connectivity index (χ3n) is 7.43. The Morgan fingerprint density at radius 3 is 2.08 bits per heavy atom. The lowest BCUT2D eigenvalue weighted by Crippen LogP contribution is -2.40. The van der Waals surface area contributed by atoms with Crippen molar-refractivity contribution in [1.29, 1.82) is 0 Å². The summed E-state index contributed by atoms with van der Waals surface area (Å²) < 4.78 is 0. The highest BCUT2D eigenvalue weighted by molar-refractivity contribution is 6.07. The van der Waals surface area contributed by atoms with E-state index < -0.39 is 0 Å². The standard InChI is InChI=1S/C32H32N6O/c1-38(2)30-25-13-7-9-15-28(25)36-32(37-30)34-23-18-16-22(17-19-23)33-31(39)26-20-29(21-10-4-3-5-11-21)35-27-14-8-6-12-24(26)27/h3-15,20,22-23H,16-19H2,1-2H3,(H,33,39)(H,34,36,37). The second-order valence-electron chi connectivity index (χ2n) is 10.4. The highest BCUT2D eigenvalue weighted by Gasteiger charge is 2.25. The molecule has 3 aromatic carbocycles. The molecule has 0 atom stereocenters. The molecular formula is C32H32N6O. The zero-order valence-corrected chi connectivity index (χ0v) is 22.3. The molecule has 0 unspecified atom stereocenters. The summed E-state index contributed by atoms with van der Waals surface area (Å²) in [5.74, 6) is 1.51. The van der Waals surface area contributed by atoms with Crippen molar-refractivity contribution < 1.29 is 4.79 Å². The van der Waals surface area contributed by atoms with Crippen LogP contribution in [0.5, 0.6) is 0 Å². The Kier molecular flexibility index (Phi) is 6.80. The monoisotopic (exact) mass is 516 g/mol. The smallest absolute Gasteiger partial charge is 0.252 e. The highest BCUT2D eigenvalue weighted by Crippen LogP contribution is 2.28. The molecule has 2 N–H and O–H groups in total. The molecule has 1 aliphatic rings. The van der Waals surface area contributed by atoms with Gasteiger partial charge in [-0.25, -0.2) is 9.97 Å². The fraction of sp³-hybridized carbons (Fsp3) is 0.250. The fourth-order valence-electron chi connectivity index (χ4n) is 5.41. The number of carbonyl (C=O) groups excluding carboxylic acids is 1. The predicted molar refractivity (Wildman–Crippen MR) is 158 cm³/mol. The molecule has 0 bridgehead atoms. The maximum Gasteiger partial charge on any atom is 0.252 e. The third kappa shape index (κ3) is 5.25. The number of hydrogen-bond donors (Lipinski definition) is 2. The van der Waals surface area contributed by atoms with Crippen LogP contribution in [0.3, 0.4) is 0 Å². The molecule has 1 saturated carbocycles. The Balaban J connectivity index is 1.15. The summed E-state index contributed by atoms with van der Waals surface area (Å²) in [5.41, 5.74) is 4.22. The SMILES string of the molecule is CN(C)c1nc(NC2CCC(NC(=O)c3cc(-c4ccccc4)nc4ccccc34)CC2)nc2ccccc12. The number of para-hydroxylation sites is 2. The van der Waals surface area contributed by atoms with Gasteiger partial charge in [-0.05, 0) is 49.9 Å². The van der Waals surface area contributed by atoms with Crippen LogP contribution in [-0.2, 0) is 0 Å². The molecule has 1 fully saturated rings. The molecular weight excluding hydrogens is 484 g/mol. The molecule has 0 saturated heterocycles. The zero-order chi connectivity index (χ0) is 26.8. The van der Waals surface area contributed by atoms with Gasteiger partial charge in [0.2, 0.25) is 5.95 Å². The molecule has 0 radical (unpaired) electrons. The minimum absolute atomic E-state index is 0.0457. The number of aromatic nitrogens is 3. The predicted octanol–water partition coefficient (Wildman–Crippen LogP) is 6.06. The fourth-order valence-corrected chi connectivity index (χ4v) is 5.41. The summed E-state index contributed by atoms with van der Waals surface area (Å²) in [6.07, 6.45) is 3.66. The van der Waals surface area contributed by atoms with Gasteiger partial charge < -0.3 is 15.5 Å². The molecule has 6 rings (SSSR count). The Hall–Kier alpha value is -4.52. The number of carbonyl (C=O) groups is 1. The normalized spacial score (nSPS) is 17.2. The van der Waals surface area contributed by atoms with Crippen molar-refractivity contribution in [1.82, 2.24) is 20.3 Å². The van der Waals surface area contributed by atoms with Crippen LogP contribution in [-0.4, -0.2) is 47.0 Å². The molecule has 196 valence electrons. The number of pyridine rings is 1. The number of anilines is 2. The van der Waals surface area contributed by atoms with E-state index in [1.807, 2.05) is 97.9 Å². The number of amides is 1. The van der Waals surface area contributed by atoms with E-state index in [1.54, 1.807) is 0 Å². The van der Waals surface area contributed by atoms with Crippen molar-refractivity contribution >= 4 is 39.5 Å². The minimum atomic E-state index is -0.0457. The number of benzene rings is 3. The average molecular weight is 517 g/mol. The van der Waals surface area contributed by atoms with E-state index in [-0.39, 0.29) is 18.0 Å². The number of rotatable bonds is 6. The average Bonchev–Trinajstić information content (AvgIpc) is 2.97. The molecule has 1 aliphatic carbocycles. The Morgan fingerprint density at radius 1 is 0.744 bits per heavy atom. The summed E-state index contributed by atoms with van der Waals surface area (Å²) in [6, 6.07) is 28.2.